The summed E-state index contributed by atoms with van der Waals surface area (Å²) >= 11 is 6.09. The summed E-state index contributed by atoms with van der Waals surface area (Å²) in [5.41, 5.74) is 4.28. The molecule has 0 saturated carbocycles. The van der Waals surface area contributed by atoms with E-state index in [9.17, 15) is 9.59 Å². The molecule has 1 aliphatic heterocycles. The van der Waals surface area contributed by atoms with Crippen molar-refractivity contribution in [3.8, 4) is 0 Å². The second kappa shape index (κ2) is 3.95. The topological polar surface area (TPSA) is 39.1 Å². The van der Waals surface area contributed by atoms with Crippen LogP contribution in [0.1, 0.15) is 21.5 Å². The van der Waals surface area contributed by atoms with Crippen molar-refractivity contribution in [2.45, 2.75) is 20.3 Å². The van der Waals surface area contributed by atoms with Crippen LogP contribution in [-0.4, -0.2) is 10.5 Å². The summed E-state index contributed by atoms with van der Waals surface area (Å²) in [7, 11) is 0. The van der Waals surface area contributed by atoms with Crippen molar-refractivity contribution in [1.29, 1.82) is 0 Å². The van der Waals surface area contributed by atoms with Gasteiger partial charge >= 0.3 is 0 Å². The van der Waals surface area contributed by atoms with E-state index >= 15 is 0 Å². The highest BCUT2D eigenvalue weighted by Gasteiger charge is 2.26. The minimum Gasteiger partial charge on any atom is -0.288 e. The quantitative estimate of drug-likeness (QED) is 0.595. The average molecular weight is 298 g/mol. The van der Waals surface area contributed by atoms with E-state index in [-0.39, 0.29) is 11.3 Å². The van der Waals surface area contributed by atoms with Crippen LogP contribution in [0.15, 0.2) is 29.1 Å². The molecule has 0 aliphatic carbocycles. The second-order valence-electron chi connectivity index (χ2n) is 5.60. The minimum absolute atomic E-state index is 0.00373. The van der Waals surface area contributed by atoms with Crippen LogP contribution in [0.25, 0.3) is 21.8 Å². The zero-order valence-electron chi connectivity index (χ0n) is 11.7. The smallest absolute Gasteiger partial charge is 0.236 e. The predicted molar refractivity (Wildman–Crippen MR) is 84.5 cm³/mol. The lowest BCUT2D eigenvalue weighted by molar-refractivity contribution is 0.0933. The van der Waals surface area contributed by atoms with Crippen molar-refractivity contribution in [2.24, 2.45) is 0 Å². The number of halogens is 1. The number of rotatable bonds is 0. The molecule has 0 N–H and O–H groups in total. The number of fused-ring (bicyclic) bond motifs is 2. The molecule has 0 saturated heterocycles. The molecule has 0 spiro atoms. The Hall–Kier alpha value is -2.13. The van der Waals surface area contributed by atoms with Crippen LogP contribution in [0.2, 0.25) is 5.02 Å². The standard InChI is InChI=1S/C17H12ClNO2/c1-8-3-4-12-15(9(8)2)19-14(20)6-10-5-11(18)7-13(16(10)19)17(12)21/h3-5,7H,6H2,1-2H3. The van der Waals surface area contributed by atoms with Gasteiger partial charge in [-0.3, -0.25) is 14.2 Å². The van der Waals surface area contributed by atoms with Gasteiger partial charge in [-0.1, -0.05) is 17.7 Å². The molecule has 0 bridgehead atoms. The Kier molecular flexibility index (Phi) is 2.37. The summed E-state index contributed by atoms with van der Waals surface area (Å²) in [5.74, 6) is -0.00373. The van der Waals surface area contributed by atoms with Crippen molar-refractivity contribution in [3.05, 3.63) is 56.2 Å². The van der Waals surface area contributed by atoms with Gasteiger partial charge in [0.2, 0.25) is 5.91 Å². The monoisotopic (exact) mass is 297 g/mol. The molecule has 2 aromatic carbocycles. The Balaban J connectivity index is 2.43. The van der Waals surface area contributed by atoms with Crippen molar-refractivity contribution in [2.75, 3.05) is 0 Å². The van der Waals surface area contributed by atoms with Crippen LogP contribution in [0, 0.1) is 13.8 Å². The summed E-state index contributed by atoms with van der Waals surface area (Å²) in [4.78, 5) is 25.2. The van der Waals surface area contributed by atoms with Gasteiger partial charge in [0.05, 0.1) is 17.5 Å². The van der Waals surface area contributed by atoms with Gasteiger partial charge in [0, 0.05) is 15.8 Å². The van der Waals surface area contributed by atoms with Gasteiger partial charge in [-0.2, -0.15) is 0 Å². The zero-order chi connectivity index (χ0) is 14.9. The van der Waals surface area contributed by atoms with Gasteiger partial charge < -0.3 is 0 Å². The molecular formula is C17H12ClNO2. The molecule has 0 unspecified atom stereocenters. The SMILES string of the molecule is Cc1ccc2c(=O)c3cc(Cl)cc4c3n(c2c1C)C(=O)C4. The molecule has 2 heterocycles. The third-order valence-corrected chi connectivity index (χ3v) is 4.60. The van der Waals surface area contributed by atoms with Crippen molar-refractivity contribution in [1.82, 2.24) is 4.57 Å². The number of aryl methyl sites for hydroxylation is 2. The van der Waals surface area contributed by atoms with Gasteiger partial charge in [0.25, 0.3) is 0 Å². The van der Waals surface area contributed by atoms with Crippen LogP contribution in [0.5, 0.6) is 0 Å². The van der Waals surface area contributed by atoms with Crippen molar-refractivity contribution < 1.29 is 4.79 Å². The van der Waals surface area contributed by atoms with E-state index in [0.29, 0.717) is 22.2 Å². The lowest BCUT2D eigenvalue weighted by Crippen LogP contribution is -2.14. The fourth-order valence-corrected chi connectivity index (χ4v) is 3.49. The van der Waals surface area contributed by atoms with E-state index in [1.807, 2.05) is 19.9 Å². The molecule has 21 heavy (non-hydrogen) atoms. The Morgan fingerprint density at radius 1 is 1.05 bits per heavy atom. The summed E-state index contributed by atoms with van der Waals surface area (Å²) in [5, 5.41) is 1.60. The molecular weight excluding hydrogens is 286 g/mol. The maximum absolute atomic E-state index is 12.8. The van der Waals surface area contributed by atoms with E-state index in [1.165, 1.54) is 0 Å². The van der Waals surface area contributed by atoms with E-state index in [1.54, 1.807) is 22.8 Å². The van der Waals surface area contributed by atoms with E-state index in [4.69, 9.17) is 11.6 Å². The normalized spacial score (nSPS) is 13.6. The number of hydrogen-bond acceptors (Lipinski definition) is 2. The first-order chi connectivity index (χ1) is 9.99. The molecule has 104 valence electrons. The number of hydrogen-bond donors (Lipinski definition) is 0. The molecule has 0 radical (unpaired) electrons. The first kappa shape index (κ1) is 12.6. The van der Waals surface area contributed by atoms with Crippen LogP contribution >= 0.6 is 11.6 Å². The minimum atomic E-state index is -0.0576. The highest BCUT2D eigenvalue weighted by atomic mass is 35.5. The number of carbonyl (C=O) groups excluding carboxylic acids is 1. The molecule has 3 nitrogen and oxygen atoms in total. The molecule has 1 aliphatic rings. The molecule has 4 rings (SSSR count). The molecule has 0 atom stereocenters. The number of benzene rings is 2. The number of carbonyl (C=O) groups is 1. The Morgan fingerprint density at radius 2 is 1.81 bits per heavy atom. The maximum atomic E-state index is 12.8. The van der Waals surface area contributed by atoms with Crippen LogP contribution in [-0.2, 0) is 6.42 Å². The van der Waals surface area contributed by atoms with Crippen molar-refractivity contribution >= 4 is 39.3 Å². The van der Waals surface area contributed by atoms with Crippen LogP contribution in [0.3, 0.4) is 0 Å². The lowest BCUT2D eigenvalue weighted by atomic mass is 10.0. The van der Waals surface area contributed by atoms with E-state index in [0.717, 1.165) is 27.7 Å². The third-order valence-electron chi connectivity index (χ3n) is 4.38. The number of nitrogens with zero attached hydrogens (tertiary/aromatic N) is 1. The predicted octanol–water partition coefficient (Wildman–Crippen LogP) is 3.62. The fraction of sp³-hybridized carbons (Fsp3) is 0.176. The molecule has 3 aromatic rings. The number of aromatic nitrogens is 1. The Bertz CT molecular complexity index is 1030. The summed E-state index contributed by atoms with van der Waals surface area (Å²) in [6.45, 7) is 3.94. The van der Waals surface area contributed by atoms with E-state index in [2.05, 4.69) is 0 Å². The van der Waals surface area contributed by atoms with Gasteiger partial charge in [0.1, 0.15) is 0 Å². The van der Waals surface area contributed by atoms with Gasteiger partial charge in [-0.05, 0) is 48.7 Å². The number of pyridine rings is 1. The fourth-order valence-electron chi connectivity index (χ4n) is 3.25. The first-order valence-corrected chi connectivity index (χ1v) is 7.17. The van der Waals surface area contributed by atoms with Crippen LogP contribution in [0.4, 0.5) is 0 Å². The largest absolute Gasteiger partial charge is 0.288 e. The molecule has 4 heteroatoms. The summed E-state index contributed by atoms with van der Waals surface area (Å²) in [6, 6.07) is 7.16. The third kappa shape index (κ3) is 1.49. The summed E-state index contributed by atoms with van der Waals surface area (Å²) < 4.78 is 1.69. The highest BCUT2D eigenvalue weighted by molar-refractivity contribution is 6.31. The Morgan fingerprint density at radius 3 is 2.57 bits per heavy atom. The summed E-state index contributed by atoms with van der Waals surface area (Å²) in [6.07, 6.45) is 0.295. The Labute approximate surface area is 125 Å². The average Bonchev–Trinajstić information content (AvgIpc) is 2.75. The second-order valence-corrected chi connectivity index (χ2v) is 6.04. The first-order valence-electron chi connectivity index (χ1n) is 6.79. The van der Waals surface area contributed by atoms with E-state index < -0.39 is 0 Å². The van der Waals surface area contributed by atoms with Crippen molar-refractivity contribution in [3.63, 3.8) is 0 Å². The molecule has 1 aromatic heterocycles. The van der Waals surface area contributed by atoms with Gasteiger partial charge in [0.15, 0.2) is 5.43 Å². The lowest BCUT2D eigenvalue weighted by Gasteiger charge is -2.13. The maximum Gasteiger partial charge on any atom is 0.236 e. The highest BCUT2D eigenvalue weighted by Crippen LogP contribution is 2.32. The zero-order valence-corrected chi connectivity index (χ0v) is 12.4. The van der Waals surface area contributed by atoms with Gasteiger partial charge in [-0.15, -0.1) is 0 Å². The van der Waals surface area contributed by atoms with Gasteiger partial charge in [-0.25, -0.2) is 0 Å². The van der Waals surface area contributed by atoms with Crippen LogP contribution < -0.4 is 5.43 Å². The molecule has 0 amide bonds. The molecule has 0 fully saturated rings.